The molecule has 0 bridgehead atoms. The predicted octanol–water partition coefficient (Wildman–Crippen LogP) is 1.91. The molecule has 0 saturated heterocycles. The van der Waals surface area contributed by atoms with E-state index in [9.17, 15) is 13.2 Å². The number of hydrogen-bond acceptors (Lipinski definition) is 3. The van der Waals surface area contributed by atoms with Crippen LogP contribution in [0, 0.1) is 5.92 Å². The van der Waals surface area contributed by atoms with Gasteiger partial charge in [-0.25, -0.2) is 8.42 Å². The second kappa shape index (κ2) is 6.88. The van der Waals surface area contributed by atoms with Crippen LogP contribution in [0.25, 0.3) is 0 Å². The molecule has 0 heterocycles. The third-order valence-corrected chi connectivity index (χ3v) is 5.32. The zero-order valence-electron chi connectivity index (χ0n) is 11.5. The summed E-state index contributed by atoms with van der Waals surface area (Å²) in [5.74, 6) is 0.435. The number of carbonyl (C=O) groups is 1. The SMILES string of the molecule is O=C(NCCCS(=O)(=O)Cc1ccccc1)C1CCC1. The maximum absolute atomic E-state index is 11.9. The summed E-state index contributed by atoms with van der Waals surface area (Å²) < 4.78 is 23.9. The van der Waals surface area contributed by atoms with Crippen LogP contribution in [-0.2, 0) is 20.4 Å². The molecule has 1 amide bonds. The van der Waals surface area contributed by atoms with Gasteiger partial charge < -0.3 is 5.32 Å². The standard InChI is InChI=1S/C15H21NO3S/c17-15(14-8-4-9-14)16-10-5-11-20(18,19)12-13-6-2-1-3-7-13/h1-3,6-7,14H,4-5,8-12H2,(H,16,17). The maximum Gasteiger partial charge on any atom is 0.223 e. The molecule has 0 spiro atoms. The Morgan fingerprint density at radius 2 is 1.90 bits per heavy atom. The molecule has 0 atom stereocenters. The van der Waals surface area contributed by atoms with Gasteiger partial charge in [-0.05, 0) is 24.8 Å². The summed E-state index contributed by atoms with van der Waals surface area (Å²) in [6.07, 6.45) is 3.55. The first-order chi connectivity index (χ1) is 9.57. The van der Waals surface area contributed by atoms with E-state index in [2.05, 4.69) is 5.32 Å². The second-order valence-corrected chi connectivity index (χ2v) is 7.53. The van der Waals surface area contributed by atoms with Crippen molar-refractivity contribution in [1.29, 1.82) is 0 Å². The van der Waals surface area contributed by atoms with Crippen LogP contribution in [0.2, 0.25) is 0 Å². The van der Waals surface area contributed by atoms with Crippen LogP contribution in [0.15, 0.2) is 30.3 Å². The molecule has 2 rings (SSSR count). The van der Waals surface area contributed by atoms with Crippen LogP contribution in [0.4, 0.5) is 0 Å². The fourth-order valence-corrected chi connectivity index (χ4v) is 3.65. The van der Waals surface area contributed by atoms with Gasteiger partial charge in [-0.1, -0.05) is 36.8 Å². The van der Waals surface area contributed by atoms with Gasteiger partial charge in [0.1, 0.15) is 0 Å². The summed E-state index contributed by atoms with van der Waals surface area (Å²) in [6, 6.07) is 9.17. The smallest absolute Gasteiger partial charge is 0.223 e. The average molecular weight is 295 g/mol. The van der Waals surface area contributed by atoms with E-state index in [4.69, 9.17) is 0 Å². The highest BCUT2D eigenvalue weighted by Gasteiger charge is 2.24. The van der Waals surface area contributed by atoms with Crippen molar-refractivity contribution in [3.8, 4) is 0 Å². The molecule has 110 valence electrons. The van der Waals surface area contributed by atoms with Crippen LogP contribution >= 0.6 is 0 Å². The molecule has 1 saturated carbocycles. The van der Waals surface area contributed by atoms with Gasteiger partial charge >= 0.3 is 0 Å². The van der Waals surface area contributed by atoms with E-state index in [1.165, 1.54) is 0 Å². The topological polar surface area (TPSA) is 63.2 Å². The highest BCUT2D eigenvalue weighted by atomic mass is 32.2. The molecule has 1 aromatic rings. The van der Waals surface area contributed by atoms with Gasteiger partial charge in [0.15, 0.2) is 9.84 Å². The highest BCUT2D eigenvalue weighted by molar-refractivity contribution is 7.90. The minimum Gasteiger partial charge on any atom is -0.356 e. The van der Waals surface area contributed by atoms with Gasteiger partial charge in [-0.3, -0.25) is 4.79 Å². The molecule has 1 fully saturated rings. The normalized spacial score (nSPS) is 15.6. The fourth-order valence-electron chi connectivity index (χ4n) is 2.22. The van der Waals surface area contributed by atoms with Gasteiger partial charge in [-0.2, -0.15) is 0 Å². The van der Waals surface area contributed by atoms with E-state index in [1.807, 2.05) is 30.3 Å². The number of amides is 1. The van der Waals surface area contributed by atoms with Gasteiger partial charge in [-0.15, -0.1) is 0 Å². The van der Waals surface area contributed by atoms with E-state index in [0.29, 0.717) is 13.0 Å². The fraction of sp³-hybridized carbons (Fsp3) is 0.533. The molecule has 0 radical (unpaired) electrons. The van der Waals surface area contributed by atoms with Crippen LogP contribution < -0.4 is 5.32 Å². The molecular formula is C15H21NO3S. The Bertz CT molecular complexity index is 535. The van der Waals surface area contributed by atoms with Gasteiger partial charge in [0.05, 0.1) is 11.5 Å². The zero-order chi connectivity index (χ0) is 14.4. The number of benzene rings is 1. The third-order valence-electron chi connectivity index (χ3n) is 3.64. The van der Waals surface area contributed by atoms with Crippen molar-refractivity contribution >= 4 is 15.7 Å². The Morgan fingerprint density at radius 3 is 2.50 bits per heavy atom. The van der Waals surface area contributed by atoms with Crippen molar-refractivity contribution in [3.05, 3.63) is 35.9 Å². The summed E-state index contributed by atoms with van der Waals surface area (Å²) in [7, 11) is -3.10. The monoisotopic (exact) mass is 295 g/mol. The number of nitrogens with one attached hydrogen (secondary N) is 1. The third kappa shape index (κ3) is 4.63. The number of hydrogen-bond donors (Lipinski definition) is 1. The summed E-state index contributed by atoms with van der Waals surface area (Å²) in [6.45, 7) is 0.448. The molecule has 0 unspecified atom stereocenters. The second-order valence-electron chi connectivity index (χ2n) is 5.35. The Hall–Kier alpha value is -1.36. The molecule has 20 heavy (non-hydrogen) atoms. The molecule has 1 aliphatic rings. The number of carbonyl (C=O) groups excluding carboxylic acids is 1. The lowest BCUT2D eigenvalue weighted by Gasteiger charge is -2.23. The number of rotatable bonds is 7. The molecule has 1 aliphatic carbocycles. The van der Waals surface area contributed by atoms with Gasteiger partial charge in [0.2, 0.25) is 5.91 Å². The van der Waals surface area contributed by atoms with Crippen LogP contribution in [-0.4, -0.2) is 26.6 Å². The summed E-state index contributed by atoms with van der Waals surface area (Å²) >= 11 is 0. The Kier molecular flexibility index (Phi) is 5.17. The molecule has 5 heteroatoms. The van der Waals surface area contributed by atoms with E-state index >= 15 is 0 Å². The average Bonchev–Trinajstić information content (AvgIpc) is 2.33. The summed E-state index contributed by atoms with van der Waals surface area (Å²) in [5, 5.41) is 2.82. The van der Waals surface area contributed by atoms with Crippen molar-refractivity contribution < 1.29 is 13.2 Å². The first-order valence-corrected chi connectivity index (χ1v) is 8.91. The number of sulfone groups is 1. The van der Waals surface area contributed by atoms with Crippen molar-refractivity contribution in [1.82, 2.24) is 5.32 Å². The van der Waals surface area contributed by atoms with Crippen LogP contribution in [0.1, 0.15) is 31.2 Å². The molecule has 1 N–H and O–H groups in total. The minimum absolute atomic E-state index is 0.0738. The predicted molar refractivity (Wildman–Crippen MR) is 78.9 cm³/mol. The Balaban J connectivity index is 1.68. The van der Waals surface area contributed by atoms with Crippen molar-refractivity contribution in [2.45, 2.75) is 31.4 Å². The lowest BCUT2D eigenvalue weighted by molar-refractivity contribution is -0.127. The molecule has 0 aromatic heterocycles. The highest BCUT2D eigenvalue weighted by Crippen LogP contribution is 2.26. The first kappa shape index (κ1) is 15.0. The quantitative estimate of drug-likeness (QED) is 0.782. The lowest BCUT2D eigenvalue weighted by atomic mass is 9.85. The maximum atomic E-state index is 11.9. The summed E-state index contributed by atoms with van der Waals surface area (Å²) in [4.78, 5) is 11.6. The van der Waals surface area contributed by atoms with Crippen LogP contribution in [0.3, 0.4) is 0 Å². The van der Waals surface area contributed by atoms with Gasteiger partial charge in [0, 0.05) is 12.5 Å². The van der Waals surface area contributed by atoms with Crippen molar-refractivity contribution in [2.75, 3.05) is 12.3 Å². The zero-order valence-corrected chi connectivity index (χ0v) is 12.4. The van der Waals surface area contributed by atoms with E-state index < -0.39 is 9.84 Å². The Labute approximate surface area is 120 Å². The largest absolute Gasteiger partial charge is 0.356 e. The molecule has 4 nitrogen and oxygen atoms in total. The molecule has 0 aliphatic heterocycles. The first-order valence-electron chi connectivity index (χ1n) is 7.09. The minimum atomic E-state index is -3.10. The van der Waals surface area contributed by atoms with Crippen molar-refractivity contribution in [3.63, 3.8) is 0 Å². The van der Waals surface area contributed by atoms with Crippen molar-refractivity contribution in [2.24, 2.45) is 5.92 Å². The summed E-state index contributed by atoms with van der Waals surface area (Å²) in [5.41, 5.74) is 0.811. The van der Waals surface area contributed by atoms with E-state index in [-0.39, 0.29) is 23.3 Å². The Morgan fingerprint density at radius 1 is 1.20 bits per heavy atom. The molecule has 1 aromatic carbocycles. The lowest BCUT2D eigenvalue weighted by Crippen LogP contribution is -2.35. The van der Waals surface area contributed by atoms with E-state index in [0.717, 1.165) is 24.8 Å². The molecular weight excluding hydrogens is 274 g/mol. The van der Waals surface area contributed by atoms with Crippen LogP contribution in [0.5, 0.6) is 0 Å². The van der Waals surface area contributed by atoms with Gasteiger partial charge in [0.25, 0.3) is 0 Å². The van der Waals surface area contributed by atoms with E-state index in [1.54, 1.807) is 0 Å².